The van der Waals surface area contributed by atoms with Crippen LogP contribution in [-0.2, 0) is 11.2 Å². The Morgan fingerprint density at radius 1 is 1.17 bits per heavy atom. The number of piperazine rings is 1. The predicted molar refractivity (Wildman–Crippen MR) is 93.1 cm³/mol. The van der Waals surface area contributed by atoms with E-state index in [1.54, 1.807) is 7.11 Å². The highest BCUT2D eigenvalue weighted by atomic mass is 16.5. The molecule has 2 fully saturated rings. The minimum atomic E-state index is -0.178. The maximum absolute atomic E-state index is 12.4. The number of carbonyl (C=O) groups excluding carboxylic acids is 1. The van der Waals surface area contributed by atoms with Crippen LogP contribution in [0.1, 0.15) is 31.2 Å². The van der Waals surface area contributed by atoms with E-state index >= 15 is 0 Å². The quantitative estimate of drug-likeness (QED) is 0.891. The lowest BCUT2D eigenvalue weighted by atomic mass is 10.1. The smallest absolute Gasteiger partial charge is 0.222 e. The molecular formula is C19H28N2O3. The van der Waals surface area contributed by atoms with E-state index in [1.165, 1.54) is 0 Å². The van der Waals surface area contributed by atoms with Crippen molar-refractivity contribution >= 4 is 5.91 Å². The highest BCUT2D eigenvalue weighted by molar-refractivity contribution is 5.76. The van der Waals surface area contributed by atoms with Gasteiger partial charge in [-0.3, -0.25) is 9.69 Å². The number of carbonyl (C=O) groups is 1. The van der Waals surface area contributed by atoms with Gasteiger partial charge in [-0.25, -0.2) is 0 Å². The van der Waals surface area contributed by atoms with Gasteiger partial charge in [0.1, 0.15) is 5.75 Å². The third kappa shape index (κ3) is 4.08. The van der Waals surface area contributed by atoms with Crippen LogP contribution in [0, 0.1) is 0 Å². The third-order valence-corrected chi connectivity index (χ3v) is 5.37. The first-order valence-corrected chi connectivity index (χ1v) is 9.00. The standard InChI is InChI=1S/C19H28N2O3/c1-24-16-8-5-15(6-9-16)7-10-19(23)21-13-11-20(12-14-21)17-3-2-4-18(17)22/h5-6,8-9,17-18,22H,2-4,7,10-14H2,1H3/t17-,18-/m0/s1. The zero-order valence-electron chi connectivity index (χ0n) is 14.5. The minimum absolute atomic E-state index is 0.178. The molecule has 0 spiro atoms. The second-order valence-electron chi connectivity index (χ2n) is 6.83. The number of aliphatic hydroxyl groups is 1. The molecule has 0 aromatic heterocycles. The van der Waals surface area contributed by atoms with Crippen molar-refractivity contribution in [3.63, 3.8) is 0 Å². The van der Waals surface area contributed by atoms with Gasteiger partial charge in [0.05, 0.1) is 13.2 Å². The van der Waals surface area contributed by atoms with Gasteiger partial charge in [0.2, 0.25) is 5.91 Å². The van der Waals surface area contributed by atoms with Crippen LogP contribution < -0.4 is 4.74 Å². The molecule has 1 aromatic rings. The van der Waals surface area contributed by atoms with Gasteiger partial charge in [0, 0.05) is 38.6 Å². The number of hydrogen-bond acceptors (Lipinski definition) is 4. The van der Waals surface area contributed by atoms with Crippen LogP contribution >= 0.6 is 0 Å². The van der Waals surface area contributed by atoms with Crippen LogP contribution in [0.4, 0.5) is 0 Å². The molecule has 0 unspecified atom stereocenters. The molecule has 132 valence electrons. The highest BCUT2D eigenvalue weighted by Gasteiger charge is 2.33. The Bertz CT molecular complexity index is 538. The van der Waals surface area contributed by atoms with Crippen LogP contribution in [0.15, 0.2) is 24.3 Å². The summed E-state index contributed by atoms with van der Waals surface area (Å²) in [5.41, 5.74) is 1.16. The normalized spacial score (nSPS) is 25.0. The molecule has 1 aromatic carbocycles. The molecule has 5 heteroatoms. The highest BCUT2D eigenvalue weighted by Crippen LogP contribution is 2.25. The number of amides is 1. The van der Waals surface area contributed by atoms with Gasteiger partial charge in [-0.15, -0.1) is 0 Å². The topological polar surface area (TPSA) is 53.0 Å². The first kappa shape index (κ1) is 17.2. The number of aliphatic hydroxyl groups excluding tert-OH is 1. The fourth-order valence-corrected chi connectivity index (χ4v) is 3.85. The van der Waals surface area contributed by atoms with Crippen LogP contribution in [0.25, 0.3) is 0 Å². The number of aryl methyl sites for hydroxylation is 1. The fourth-order valence-electron chi connectivity index (χ4n) is 3.85. The van der Waals surface area contributed by atoms with Gasteiger partial charge in [-0.05, 0) is 43.4 Å². The number of benzene rings is 1. The average molecular weight is 332 g/mol. The van der Waals surface area contributed by atoms with E-state index in [-0.39, 0.29) is 12.0 Å². The van der Waals surface area contributed by atoms with Gasteiger partial charge < -0.3 is 14.7 Å². The van der Waals surface area contributed by atoms with Crippen molar-refractivity contribution in [1.82, 2.24) is 9.80 Å². The molecule has 3 rings (SSSR count). The van der Waals surface area contributed by atoms with Crippen LogP contribution in [-0.4, -0.2) is 66.2 Å². The van der Waals surface area contributed by atoms with Crippen molar-refractivity contribution in [3.05, 3.63) is 29.8 Å². The molecule has 2 aliphatic rings. The molecule has 1 N–H and O–H groups in total. The Labute approximate surface area is 144 Å². The fraction of sp³-hybridized carbons (Fsp3) is 0.632. The Morgan fingerprint density at radius 3 is 2.46 bits per heavy atom. The zero-order chi connectivity index (χ0) is 16.9. The summed E-state index contributed by atoms with van der Waals surface area (Å²) in [7, 11) is 1.66. The summed E-state index contributed by atoms with van der Waals surface area (Å²) in [5, 5.41) is 10.0. The lowest BCUT2D eigenvalue weighted by Gasteiger charge is -2.39. The van der Waals surface area contributed by atoms with Gasteiger partial charge in [-0.2, -0.15) is 0 Å². The van der Waals surface area contributed by atoms with Crippen molar-refractivity contribution in [2.45, 2.75) is 44.2 Å². The van der Waals surface area contributed by atoms with Crippen molar-refractivity contribution < 1.29 is 14.6 Å². The Balaban J connectivity index is 1.43. The maximum Gasteiger partial charge on any atom is 0.222 e. The van der Waals surface area contributed by atoms with Crippen molar-refractivity contribution in [1.29, 1.82) is 0 Å². The first-order chi connectivity index (χ1) is 11.7. The van der Waals surface area contributed by atoms with Crippen LogP contribution in [0.5, 0.6) is 5.75 Å². The summed E-state index contributed by atoms with van der Waals surface area (Å²) < 4.78 is 5.15. The molecule has 1 aliphatic heterocycles. The summed E-state index contributed by atoms with van der Waals surface area (Å²) >= 11 is 0. The number of hydrogen-bond donors (Lipinski definition) is 1. The molecule has 1 amide bonds. The number of rotatable bonds is 5. The second-order valence-corrected chi connectivity index (χ2v) is 6.83. The average Bonchev–Trinajstić information content (AvgIpc) is 3.06. The maximum atomic E-state index is 12.4. The van der Waals surface area contributed by atoms with E-state index in [9.17, 15) is 9.90 Å². The van der Waals surface area contributed by atoms with E-state index in [4.69, 9.17) is 4.74 Å². The molecule has 2 atom stereocenters. The number of methoxy groups -OCH3 is 1. The summed E-state index contributed by atoms with van der Waals surface area (Å²) in [4.78, 5) is 16.8. The molecule has 24 heavy (non-hydrogen) atoms. The predicted octanol–water partition coefficient (Wildman–Crippen LogP) is 1.69. The van der Waals surface area contributed by atoms with E-state index in [2.05, 4.69) is 4.90 Å². The summed E-state index contributed by atoms with van der Waals surface area (Å²) in [6, 6.07) is 8.22. The monoisotopic (exact) mass is 332 g/mol. The molecule has 1 heterocycles. The van der Waals surface area contributed by atoms with Gasteiger partial charge in [0.15, 0.2) is 0 Å². The summed E-state index contributed by atoms with van der Waals surface area (Å²) in [6.45, 7) is 3.33. The van der Waals surface area contributed by atoms with Crippen molar-refractivity contribution in [3.8, 4) is 5.75 Å². The first-order valence-electron chi connectivity index (χ1n) is 9.00. The van der Waals surface area contributed by atoms with Gasteiger partial charge in [0.25, 0.3) is 0 Å². The minimum Gasteiger partial charge on any atom is -0.497 e. The zero-order valence-corrected chi connectivity index (χ0v) is 14.5. The van der Waals surface area contributed by atoms with E-state index in [0.29, 0.717) is 12.5 Å². The third-order valence-electron chi connectivity index (χ3n) is 5.37. The molecule has 1 aliphatic carbocycles. The van der Waals surface area contributed by atoms with Crippen LogP contribution in [0.2, 0.25) is 0 Å². The Morgan fingerprint density at radius 2 is 1.88 bits per heavy atom. The lowest BCUT2D eigenvalue weighted by Crippen LogP contribution is -2.53. The molecule has 0 radical (unpaired) electrons. The van der Waals surface area contributed by atoms with E-state index in [0.717, 1.165) is 63.2 Å². The number of ether oxygens (including phenoxy) is 1. The SMILES string of the molecule is COc1ccc(CCC(=O)N2CCN([C@H]3CCC[C@@H]3O)CC2)cc1. The lowest BCUT2D eigenvalue weighted by molar-refractivity contribution is -0.133. The van der Waals surface area contributed by atoms with Gasteiger partial charge >= 0.3 is 0 Å². The Kier molecular flexibility index (Phi) is 5.74. The molecule has 5 nitrogen and oxygen atoms in total. The molecule has 1 saturated heterocycles. The van der Waals surface area contributed by atoms with Crippen LogP contribution in [0.3, 0.4) is 0 Å². The van der Waals surface area contributed by atoms with E-state index < -0.39 is 0 Å². The second kappa shape index (κ2) is 7.99. The van der Waals surface area contributed by atoms with E-state index in [1.807, 2.05) is 29.2 Å². The Hall–Kier alpha value is -1.59. The van der Waals surface area contributed by atoms with Gasteiger partial charge in [-0.1, -0.05) is 12.1 Å². The summed E-state index contributed by atoms with van der Waals surface area (Å²) in [6.07, 6.45) is 4.27. The number of nitrogens with zero attached hydrogens (tertiary/aromatic N) is 2. The van der Waals surface area contributed by atoms with Crippen molar-refractivity contribution in [2.24, 2.45) is 0 Å². The summed E-state index contributed by atoms with van der Waals surface area (Å²) in [5.74, 6) is 1.08. The van der Waals surface area contributed by atoms with Crippen molar-refractivity contribution in [2.75, 3.05) is 33.3 Å². The molecule has 1 saturated carbocycles. The molecule has 0 bridgehead atoms. The largest absolute Gasteiger partial charge is 0.497 e. The molecular weight excluding hydrogens is 304 g/mol.